The van der Waals surface area contributed by atoms with Gasteiger partial charge in [-0.05, 0) is 36.4 Å². The summed E-state index contributed by atoms with van der Waals surface area (Å²) in [5, 5.41) is 17.1. The van der Waals surface area contributed by atoms with Gasteiger partial charge in [-0.2, -0.15) is 18.3 Å². The number of non-ortho nitro benzene ring substituents is 1. The van der Waals surface area contributed by atoms with Gasteiger partial charge in [0.1, 0.15) is 5.75 Å². The van der Waals surface area contributed by atoms with E-state index >= 15 is 0 Å². The highest BCUT2D eigenvalue weighted by molar-refractivity contribution is 5.93. The zero-order chi connectivity index (χ0) is 21.7. The molecule has 0 spiro atoms. The van der Waals surface area contributed by atoms with Crippen molar-refractivity contribution in [3.8, 4) is 11.4 Å². The molecule has 0 bridgehead atoms. The van der Waals surface area contributed by atoms with Gasteiger partial charge in [-0.15, -0.1) is 0 Å². The molecule has 0 aliphatic carbocycles. The van der Waals surface area contributed by atoms with E-state index in [1.165, 1.54) is 47.4 Å². The molecule has 8 nitrogen and oxygen atoms in total. The Morgan fingerprint density at radius 1 is 1.20 bits per heavy atom. The number of aromatic nitrogens is 2. The van der Waals surface area contributed by atoms with Gasteiger partial charge < -0.3 is 10.1 Å². The number of amides is 1. The molecule has 1 amide bonds. The molecular weight excluding hydrogens is 405 g/mol. The van der Waals surface area contributed by atoms with Crippen LogP contribution < -0.4 is 10.1 Å². The van der Waals surface area contributed by atoms with Crippen LogP contribution in [0.25, 0.3) is 5.69 Å². The van der Waals surface area contributed by atoms with Crippen molar-refractivity contribution in [1.29, 1.82) is 0 Å². The van der Waals surface area contributed by atoms with Gasteiger partial charge in [0.2, 0.25) is 5.91 Å². The van der Waals surface area contributed by atoms with Crippen molar-refractivity contribution >= 4 is 17.3 Å². The highest BCUT2D eigenvalue weighted by Gasteiger charge is 2.31. The van der Waals surface area contributed by atoms with E-state index in [1.54, 1.807) is 6.07 Å². The van der Waals surface area contributed by atoms with Crippen LogP contribution >= 0.6 is 0 Å². The van der Waals surface area contributed by atoms with Crippen LogP contribution in [0.4, 0.5) is 24.5 Å². The second-order valence-corrected chi connectivity index (χ2v) is 6.08. The largest absolute Gasteiger partial charge is 0.493 e. The number of ether oxygens (including phenoxy) is 1. The van der Waals surface area contributed by atoms with Crippen molar-refractivity contribution in [3.63, 3.8) is 0 Å². The van der Waals surface area contributed by atoms with Gasteiger partial charge in [0.05, 0.1) is 34.9 Å². The molecule has 1 N–H and O–H groups in total. The van der Waals surface area contributed by atoms with Crippen molar-refractivity contribution in [1.82, 2.24) is 9.78 Å². The lowest BCUT2D eigenvalue weighted by Crippen LogP contribution is -2.17. The molecule has 0 saturated heterocycles. The van der Waals surface area contributed by atoms with Gasteiger partial charge >= 0.3 is 6.18 Å². The van der Waals surface area contributed by atoms with E-state index in [2.05, 4.69) is 10.4 Å². The third-order valence-electron chi connectivity index (χ3n) is 3.99. The van der Waals surface area contributed by atoms with Crippen LogP contribution in [0.1, 0.15) is 12.0 Å². The molecule has 1 aromatic heterocycles. The molecule has 2 aromatic carbocycles. The third kappa shape index (κ3) is 5.13. The molecule has 0 fully saturated rings. The Hall–Kier alpha value is -3.89. The molecule has 0 atom stereocenters. The second-order valence-electron chi connectivity index (χ2n) is 6.08. The summed E-state index contributed by atoms with van der Waals surface area (Å²) in [6.07, 6.45) is -1.72. The first-order valence-electron chi connectivity index (χ1n) is 8.62. The highest BCUT2D eigenvalue weighted by Crippen LogP contribution is 2.33. The molecule has 3 aromatic rings. The number of alkyl halides is 3. The minimum absolute atomic E-state index is 0.0474. The van der Waals surface area contributed by atoms with Crippen LogP contribution in [0.2, 0.25) is 0 Å². The lowest BCUT2D eigenvalue weighted by molar-refractivity contribution is -0.384. The van der Waals surface area contributed by atoms with E-state index in [9.17, 15) is 28.1 Å². The highest BCUT2D eigenvalue weighted by atomic mass is 19.4. The van der Waals surface area contributed by atoms with Gasteiger partial charge in [0, 0.05) is 24.5 Å². The summed E-state index contributed by atoms with van der Waals surface area (Å²) in [4.78, 5) is 22.3. The Kier molecular flexibility index (Phi) is 6.00. The van der Waals surface area contributed by atoms with E-state index in [-0.39, 0.29) is 30.1 Å². The molecule has 0 saturated carbocycles. The number of hydrogen-bond acceptors (Lipinski definition) is 5. The van der Waals surface area contributed by atoms with Crippen molar-refractivity contribution in [2.45, 2.75) is 12.6 Å². The van der Waals surface area contributed by atoms with Crippen molar-refractivity contribution in [3.05, 3.63) is 76.6 Å². The van der Waals surface area contributed by atoms with Crippen LogP contribution in [-0.4, -0.2) is 27.2 Å². The Balaban J connectivity index is 1.67. The summed E-state index contributed by atoms with van der Waals surface area (Å²) >= 11 is 0. The summed E-state index contributed by atoms with van der Waals surface area (Å²) in [6, 6.07) is 9.86. The second kappa shape index (κ2) is 8.64. The topological polar surface area (TPSA) is 99.3 Å². The van der Waals surface area contributed by atoms with Crippen LogP contribution in [0.15, 0.2) is 60.9 Å². The monoisotopic (exact) mass is 420 g/mol. The Bertz CT molecular complexity index is 1030. The Morgan fingerprint density at radius 3 is 2.53 bits per heavy atom. The molecular formula is C19H15F3N4O4. The van der Waals surface area contributed by atoms with E-state index in [1.807, 2.05) is 0 Å². The number of rotatable bonds is 7. The number of halogens is 3. The fourth-order valence-corrected chi connectivity index (χ4v) is 2.56. The van der Waals surface area contributed by atoms with Crippen molar-refractivity contribution in [2.24, 2.45) is 0 Å². The van der Waals surface area contributed by atoms with Gasteiger partial charge in [-0.1, -0.05) is 0 Å². The molecule has 1 heterocycles. The maximum Gasteiger partial charge on any atom is 0.416 e. The molecule has 0 aliphatic rings. The predicted molar refractivity (Wildman–Crippen MR) is 100 cm³/mol. The van der Waals surface area contributed by atoms with Crippen LogP contribution in [0.3, 0.4) is 0 Å². The quantitative estimate of drug-likeness (QED) is 0.456. The Labute approximate surface area is 168 Å². The average molecular weight is 420 g/mol. The first kappa shape index (κ1) is 20.8. The predicted octanol–water partition coefficient (Wildman–Crippen LogP) is 4.21. The number of nitrogens with one attached hydrogen (secondary N) is 1. The molecule has 11 heteroatoms. The SMILES string of the molecule is O=C(CCOc1ccc([N+](=O)[O-])cc1)Nc1cc(C(F)(F)F)ccc1-n1cccn1. The zero-order valence-electron chi connectivity index (χ0n) is 15.3. The molecule has 0 radical (unpaired) electrons. The Morgan fingerprint density at radius 2 is 1.93 bits per heavy atom. The first-order valence-corrected chi connectivity index (χ1v) is 8.62. The van der Waals surface area contributed by atoms with Gasteiger partial charge in [-0.3, -0.25) is 14.9 Å². The summed E-state index contributed by atoms with van der Waals surface area (Å²) < 4.78 is 45.8. The lowest BCUT2D eigenvalue weighted by Gasteiger charge is -2.15. The van der Waals surface area contributed by atoms with Gasteiger partial charge in [0.15, 0.2) is 0 Å². The summed E-state index contributed by atoms with van der Waals surface area (Å²) in [6.45, 7) is -0.0697. The first-order chi connectivity index (χ1) is 14.2. The summed E-state index contributed by atoms with van der Waals surface area (Å²) in [7, 11) is 0. The number of nitro benzene ring substituents is 1. The third-order valence-corrected chi connectivity index (χ3v) is 3.99. The number of benzene rings is 2. The number of hydrogen-bond donors (Lipinski definition) is 1. The smallest absolute Gasteiger partial charge is 0.416 e. The maximum absolute atomic E-state index is 13.1. The molecule has 156 valence electrons. The zero-order valence-corrected chi connectivity index (χ0v) is 15.3. The fraction of sp³-hybridized carbons (Fsp3) is 0.158. The van der Waals surface area contributed by atoms with Crippen molar-refractivity contribution in [2.75, 3.05) is 11.9 Å². The van der Waals surface area contributed by atoms with Gasteiger partial charge in [0.25, 0.3) is 5.69 Å². The van der Waals surface area contributed by atoms with Crippen LogP contribution in [0.5, 0.6) is 5.75 Å². The van der Waals surface area contributed by atoms with E-state index < -0.39 is 22.6 Å². The van der Waals surface area contributed by atoms with E-state index in [0.717, 1.165) is 12.1 Å². The number of nitrogens with zero attached hydrogens (tertiary/aromatic N) is 3. The average Bonchev–Trinajstić information content (AvgIpc) is 3.22. The van der Waals surface area contributed by atoms with E-state index in [4.69, 9.17) is 4.74 Å². The van der Waals surface area contributed by atoms with Crippen LogP contribution in [-0.2, 0) is 11.0 Å². The molecule has 3 rings (SSSR count). The fourth-order valence-electron chi connectivity index (χ4n) is 2.56. The van der Waals surface area contributed by atoms with Crippen LogP contribution in [0, 0.1) is 10.1 Å². The summed E-state index contributed by atoms with van der Waals surface area (Å²) in [5.41, 5.74) is -0.780. The van der Waals surface area contributed by atoms with E-state index in [0.29, 0.717) is 5.75 Å². The lowest BCUT2D eigenvalue weighted by atomic mass is 10.1. The minimum Gasteiger partial charge on any atom is -0.493 e. The molecule has 0 unspecified atom stereocenters. The normalized spacial score (nSPS) is 11.2. The number of anilines is 1. The minimum atomic E-state index is -4.57. The van der Waals surface area contributed by atoms with Gasteiger partial charge in [-0.25, -0.2) is 4.68 Å². The maximum atomic E-state index is 13.1. The van der Waals surface area contributed by atoms with Crippen molar-refractivity contribution < 1.29 is 27.6 Å². The number of carbonyl (C=O) groups is 1. The number of carbonyl (C=O) groups excluding carboxylic acids is 1. The standard InChI is InChI=1S/C19H15F3N4O4/c20-19(21,22)13-2-7-17(25-10-1-9-23-25)16(12-13)24-18(27)8-11-30-15-5-3-14(4-6-15)26(28)29/h1-7,9-10,12H,8,11H2,(H,24,27). The molecule has 0 aliphatic heterocycles. The summed E-state index contributed by atoms with van der Waals surface area (Å²) in [5.74, 6) is -0.241. The molecule has 30 heavy (non-hydrogen) atoms. The number of nitro groups is 1.